The average molecular weight is 402 g/mol. The van der Waals surface area contributed by atoms with E-state index in [0.717, 1.165) is 38.3 Å². The molecule has 2 aliphatic rings. The van der Waals surface area contributed by atoms with Gasteiger partial charge in [0.25, 0.3) is 5.91 Å². The lowest BCUT2D eigenvalue weighted by Gasteiger charge is -2.31. The molecule has 1 amide bonds. The molecule has 2 aliphatic heterocycles. The molecule has 5 rings (SSSR count). The fourth-order valence-corrected chi connectivity index (χ4v) is 5.18. The number of aryl methyl sites for hydroxylation is 1. The number of benzene rings is 1. The van der Waals surface area contributed by atoms with E-state index in [1.54, 1.807) is 12.4 Å². The second-order valence-corrected chi connectivity index (χ2v) is 8.48. The molecular weight excluding hydrogens is 374 g/mol. The molecule has 2 aromatic heterocycles. The quantitative estimate of drug-likeness (QED) is 0.659. The first-order chi connectivity index (χ1) is 14.7. The van der Waals surface area contributed by atoms with Crippen LogP contribution in [0.4, 0.5) is 0 Å². The topological polar surface area (TPSA) is 54.3 Å². The predicted octanol–water partition coefficient (Wildman–Crippen LogP) is 3.03. The lowest BCUT2D eigenvalue weighted by atomic mass is 9.87. The number of imidazole rings is 1. The SMILES string of the molecule is Cc1ccccc1[C@H]1[C@H]2CN(CCn3ccnc3)C[C@H]2CN1C(=O)c1ccncc1. The Kier molecular flexibility index (Phi) is 5.09. The van der Waals surface area contributed by atoms with Crippen molar-refractivity contribution in [1.82, 2.24) is 24.3 Å². The van der Waals surface area contributed by atoms with Gasteiger partial charge in [0.1, 0.15) is 0 Å². The van der Waals surface area contributed by atoms with Crippen molar-refractivity contribution >= 4 is 5.91 Å². The number of amides is 1. The van der Waals surface area contributed by atoms with Crippen molar-refractivity contribution in [2.45, 2.75) is 19.5 Å². The van der Waals surface area contributed by atoms with Crippen LogP contribution in [0, 0.1) is 18.8 Å². The predicted molar refractivity (Wildman–Crippen MR) is 115 cm³/mol. The molecule has 30 heavy (non-hydrogen) atoms. The number of rotatable bonds is 5. The van der Waals surface area contributed by atoms with E-state index in [0.29, 0.717) is 11.8 Å². The average Bonchev–Trinajstić information content (AvgIpc) is 3.49. The first-order valence-corrected chi connectivity index (χ1v) is 10.7. The number of fused-ring (bicyclic) bond motifs is 1. The van der Waals surface area contributed by atoms with Crippen LogP contribution in [0.2, 0.25) is 0 Å². The molecule has 3 aromatic rings. The van der Waals surface area contributed by atoms with Crippen LogP contribution in [0.3, 0.4) is 0 Å². The van der Waals surface area contributed by atoms with Gasteiger partial charge in [-0.2, -0.15) is 0 Å². The van der Waals surface area contributed by atoms with E-state index in [4.69, 9.17) is 0 Å². The zero-order valence-corrected chi connectivity index (χ0v) is 17.3. The molecule has 0 N–H and O–H groups in total. The first-order valence-electron chi connectivity index (χ1n) is 10.7. The second-order valence-electron chi connectivity index (χ2n) is 8.48. The van der Waals surface area contributed by atoms with E-state index in [1.807, 2.05) is 30.9 Å². The number of hydrogen-bond acceptors (Lipinski definition) is 4. The van der Waals surface area contributed by atoms with Crippen molar-refractivity contribution in [3.8, 4) is 0 Å². The van der Waals surface area contributed by atoms with Crippen molar-refractivity contribution in [1.29, 1.82) is 0 Å². The third-order valence-electron chi connectivity index (χ3n) is 6.67. The van der Waals surface area contributed by atoms with Crippen LogP contribution in [0.5, 0.6) is 0 Å². The van der Waals surface area contributed by atoms with Crippen LogP contribution in [0.15, 0.2) is 67.5 Å². The van der Waals surface area contributed by atoms with Gasteiger partial charge in [-0.25, -0.2) is 4.98 Å². The first kappa shape index (κ1) is 19.0. The number of likely N-dealkylation sites (tertiary alicyclic amines) is 2. The number of carbonyl (C=O) groups excluding carboxylic acids is 1. The molecule has 4 heterocycles. The van der Waals surface area contributed by atoms with Crippen LogP contribution >= 0.6 is 0 Å². The minimum Gasteiger partial charge on any atom is -0.336 e. The Morgan fingerprint density at radius 2 is 1.83 bits per heavy atom. The maximum Gasteiger partial charge on any atom is 0.254 e. The molecule has 1 aromatic carbocycles. The summed E-state index contributed by atoms with van der Waals surface area (Å²) in [6, 6.07) is 12.3. The van der Waals surface area contributed by atoms with E-state index in [-0.39, 0.29) is 11.9 Å². The highest BCUT2D eigenvalue weighted by atomic mass is 16.2. The van der Waals surface area contributed by atoms with Crippen molar-refractivity contribution in [3.63, 3.8) is 0 Å². The fourth-order valence-electron chi connectivity index (χ4n) is 5.18. The van der Waals surface area contributed by atoms with Gasteiger partial charge in [0.2, 0.25) is 0 Å². The Morgan fingerprint density at radius 1 is 1.00 bits per heavy atom. The zero-order valence-electron chi connectivity index (χ0n) is 17.3. The zero-order chi connectivity index (χ0) is 20.5. The Hall–Kier alpha value is -2.99. The van der Waals surface area contributed by atoms with Gasteiger partial charge in [-0.3, -0.25) is 9.78 Å². The van der Waals surface area contributed by atoms with Crippen molar-refractivity contribution in [3.05, 3.63) is 84.2 Å². The molecule has 3 atom stereocenters. The van der Waals surface area contributed by atoms with Crippen molar-refractivity contribution < 1.29 is 4.79 Å². The van der Waals surface area contributed by atoms with Gasteiger partial charge in [-0.05, 0) is 36.1 Å². The van der Waals surface area contributed by atoms with E-state index < -0.39 is 0 Å². The van der Waals surface area contributed by atoms with Gasteiger partial charge in [-0.1, -0.05) is 24.3 Å². The highest BCUT2D eigenvalue weighted by Crippen LogP contribution is 2.46. The summed E-state index contributed by atoms with van der Waals surface area (Å²) in [5.74, 6) is 1.08. The number of pyridine rings is 1. The maximum atomic E-state index is 13.4. The largest absolute Gasteiger partial charge is 0.336 e. The second kappa shape index (κ2) is 8.03. The summed E-state index contributed by atoms with van der Waals surface area (Å²) in [6.45, 7) is 7.01. The van der Waals surface area contributed by atoms with Crippen molar-refractivity contribution in [2.24, 2.45) is 11.8 Å². The van der Waals surface area contributed by atoms with Crippen LogP contribution in [-0.4, -0.2) is 56.4 Å². The van der Waals surface area contributed by atoms with Crippen molar-refractivity contribution in [2.75, 3.05) is 26.2 Å². The van der Waals surface area contributed by atoms with E-state index in [1.165, 1.54) is 11.1 Å². The third-order valence-corrected chi connectivity index (χ3v) is 6.67. The van der Waals surface area contributed by atoms with E-state index in [9.17, 15) is 4.79 Å². The summed E-state index contributed by atoms with van der Waals surface area (Å²) in [5.41, 5.74) is 3.26. The maximum absolute atomic E-state index is 13.4. The summed E-state index contributed by atoms with van der Waals surface area (Å²) in [4.78, 5) is 26.3. The van der Waals surface area contributed by atoms with Crippen LogP contribution in [0.25, 0.3) is 0 Å². The summed E-state index contributed by atoms with van der Waals surface area (Å²) in [6.07, 6.45) is 9.12. The highest BCUT2D eigenvalue weighted by Gasteiger charge is 2.49. The molecule has 6 heteroatoms. The standard InChI is InChI=1S/C24H27N5O/c1-18-4-2-3-5-21(18)23-22-16-28(13-12-27-11-10-26-17-27)14-20(22)15-29(23)24(30)19-6-8-25-9-7-19/h2-11,17,20,22-23H,12-16H2,1H3/t20-,22-,23-/m0/s1. The molecule has 0 bridgehead atoms. The van der Waals surface area contributed by atoms with Crippen LogP contribution in [0.1, 0.15) is 27.5 Å². The van der Waals surface area contributed by atoms with Gasteiger partial charge in [0.05, 0.1) is 12.4 Å². The smallest absolute Gasteiger partial charge is 0.254 e. The Balaban J connectivity index is 1.39. The molecule has 0 spiro atoms. The summed E-state index contributed by atoms with van der Waals surface area (Å²) >= 11 is 0. The van der Waals surface area contributed by atoms with Gasteiger partial charge in [0.15, 0.2) is 0 Å². The van der Waals surface area contributed by atoms with Gasteiger partial charge >= 0.3 is 0 Å². The molecular formula is C24H27N5O. The summed E-state index contributed by atoms with van der Waals surface area (Å²) in [7, 11) is 0. The highest BCUT2D eigenvalue weighted by molar-refractivity contribution is 5.94. The monoisotopic (exact) mass is 401 g/mol. The Labute approximate surface area is 177 Å². The third kappa shape index (κ3) is 3.52. The van der Waals surface area contributed by atoms with Gasteiger partial charge in [-0.15, -0.1) is 0 Å². The lowest BCUT2D eigenvalue weighted by Crippen LogP contribution is -2.36. The summed E-state index contributed by atoms with van der Waals surface area (Å²) in [5, 5.41) is 0. The molecule has 154 valence electrons. The van der Waals surface area contributed by atoms with Gasteiger partial charge in [0, 0.05) is 69.0 Å². The van der Waals surface area contributed by atoms with Crippen LogP contribution in [-0.2, 0) is 6.54 Å². The fraction of sp³-hybridized carbons (Fsp3) is 0.375. The number of carbonyl (C=O) groups is 1. The number of aromatic nitrogens is 3. The molecule has 0 radical (unpaired) electrons. The number of nitrogens with zero attached hydrogens (tertiary/aromatic N) is 5. The molecule has 2 fully saturated rings. The molecule has 0 aliphatic carbocycles. The molecule has 6 nitrogen and oxygen atoms in total. The Morgan fingerprint density at radius 3 is 2.60 bits per heavy atom. The molecule has 0 saturated carbocycles. The van der Waals surface area contributed by atoms with E-state index >= 15 is 0 Å². The van der Waals surface area contributed by atoms with Crippen LogP contribution < -0.4 is 0 Å². The molecule has 0 unspecified atom stereocenters. The minimum absolute atomic E-state index is 0.116. The number of hydrogen-bond donors (Lipinski definition) is 0. The lowest BCUT2D eigenvalue weighted by molar-refractivity contribution is 0.0700. The summed E-state index contributed by atoms with van der Waals surface area (Å²) < 4.78 is 2.13. The molecule has 2 saturated heterocycles. The normalized spacial score (nSPS) is 23.6. The van der Waals surface area contributed by atoms with Gasteiger partial charge < -0.3 is 14.4 Å². The Bertz CT molecular complexity index is 1000. The minimum atomic E-state index is 0.116. The van der Waals surface area contributed by atoms with E-state index in [2.05, 4.69) is 55.5 Å².